The zero-order valence-corrected chi connectivity index (χ0v) is 15.7. The molecule has 2 N–H and O–H groups in total. The molecule has 1 aliphatic heterocycles. The number of hydrogen-bond acceptors (Lipinski definition) is 5. The molecule has 0 bridgehead atoms. The predicted octanol–water partition coefficient (Wildman–Crippen LogP) is 3.35. The highest BCUT2D eigenvalue weighted by Crippen LogP contribution is 2.21. The minimum Gasteiger partial charge on any atom is -0.376 e. The number of carbonyl (C=O) groups excluding carboxylic acids is 1. The quantitative estimate of drug-likeness (QED) is 0.752. The molecule has 8 heteroatoms. The molecular weight excluding hydrogens is 375 g/mol. The number of carbonyl (C=O) groups is 1. The van der Waals surface area contributed by atoms with E-state index in [-0.39, 0.29) is 17.7 Å². The van der Waals surface area contributed by atoms with Crippen LogP contribution in [0.25, 0.3) is 0 Å². The van der Waals surface area contributed by atoms with Crippen LogP contribution in [0.2, 0.25) is 10.0 Å². The fourth-order valence-corrected chi connectivity index (χ4v) is 3.20. The number of anilines is 1. The maximum atomic E-state index is 12.1. The smallest absolute Gasteiger partial charge is 0.271 e. The summed E-state index contributed by atoms with van der Waals surface area (Å²) in [5.41, 5.74) is 1.29. The van der Waals surface area contributed by atoms with Gasteiger partial charge in [-0.2, -0.15) is 0 Å². The first-order chi connectivity index (χ1) is 12.6. The van der Waals surface area contributed by atoms with Crippen LogP contribution in [0.15, 0.2) is 30.3 Å². The third-order valence-corrected chi connectivity index (χ3v) is 4.71. The Hall–Kier alpha value is -1.89. The van der Waals surface area contributed by atoms with Crippen molar-refractivity contribution < 1.29 is 9.53 Å². The number of rotatable bonds is 7. The van der Waals surface area contributed by atoms with Crippen LogP contribution < -0.4 is 10.6 Å². The molecule has 1 unspecified atom stereocenters. The monoisotopic (exact) mass is 394 g/mol. The van der Waals surface area contributed by atoms with Crippen molar-refractivity contribution in [2.75, 3.05) is 25.0 Å². The van der Waals surface area contributed by atoms with Gasteiger partial charge in [0.15, 0.2) is 5.69 Å². The van der Waals surface area contributed by atoms with Gasteiger partial charge in [-0.3, -0.25) is 4.79 Å². The van der Waals surface area contributed by atoms with Crippen molar-refractivity contribution in [3.8, 4) is 0 Å². The molecule has 138 valence electrons. The van der Waals surface area contributed by atoms with Crippen LogP contribution in [0, 0.1) is 0 Å². The van der Waals surface area contributed by atoms with Gasteiger partial charge in [-0.05, 0) is 49.1 Å². The van der Waals surface area contributed by atoms with Crippen LogP contribution in [0.5, 0.6) is 0 Å². The number of hydrogen-bond donors (Lipinski definition) is 2. The molecule has 6 nitrogen and oxygen atoms in total. The Morgan fingerprint density at radius 2 is 2.12 bits per heavy atom. The summed E-state index contributed by atoms with van der Waals surface area (Å²) in [6.07, 6.45) is 2.85. The Bertz CT molecular complexity index is 749. The number of nitrogens with one attached hydrogen (secondary N) is 2. The zero-order chi connectivity index (χ0) is 18.4. The lowest BCUT2D eigenvalue weighted by molar-refractivity contribution is 0.0853. The summed E-state index contributed by atoms with van der Waals surface area (Å²) < 4.78 is 5.48. The van der Waals surface area contributed by atoms with Gasteiger partial charge < -0.3 is 15.4 Å². The summed E-state index contributed by atoms with van der Waals surface area (Å²) in [5.74, 6) is 0.359. The molecule has 3 rings (SSSR count). The molecule has 1 aromatic heterocycles. The average molecular weight is 395 g/mol. The van der Waals surface area contributed by atoms with Crippen molar-refractivity contribution in [2.24, 2.45) is 0 Å². The Labute approximate surface area is 162 Å². The van der Waals surface area contributed by atoms with Crippen LogP contribution in [0.4, 0.5) is 5.82 Å². The van der Waals surface area contributed by atoms with Crippen LogP contribution in [-0.4, -0.2) is 41.9 Å². The maximum absolute atomic E-state index is 12.1. The van der Waals surface area contributed by atoms with E-state index >= 15 is 0 Å². The van der Waals surface area contributed by atoms with E-state index in [4.69, 9.17) is 27.9 Å². The maximum Gasteiger partial charge on any atom is 0.271 e. The van der Waals surface area contributed by atoms with Crippen LogP contribution in [0.1, 0.15) is 28.9 Å². The number of halogens is 2. The van der Waals surface area contributed by atoms with E-state index in [9.17, 15) is 4.79 Å². The topological polar surface area (TPSA) is 76.1 Å². The van der Waals surface area contributed by atoms with Crippen molar-refractivity contribution in [2.45, 2.75) is 25.4 Å². The molecule has 1 fully saturated rings. The largest absolute Gasteiger partial charge is 0.376 e. The van der Waals surface area contributed by atoms with Crippen molar-refractivity contribution in [3.63, 3.8) is 0 Å². The molecule has 1 aromatic carbocycles. The highest BCUT2D eigenvalue weighted by molar-refractivity contribution is 6.35. The molecule has 26 heavy (non-hydrogen) atoms. The summed E-state index contributed by atoms with van der Waals surface area (Å²) in [6, 6.07) is 8.82. The highest BCUT2D eigenvalue weighted by Gasteiger charge is 2.17. The Kier molecular flexibility index (Phi) is 6.66. The lowest BCUT2D eigenvalue weighted by Crippen LogP contribution is -2.32. The second kappa shape index (κ2) is 9.16. The highest BCUT2D eigenvalue weighted by atomic mass is 35.5. The standard InChI is InChI=1S/C18H20Cl2N4O2/c19-13-4-3-12(15(20)10-13)7-8-21-17-6-5-16(23-24-17)18(25)22-11-14-2-1-9-26-14/h3-6,10,14H,1-2,7-9,11H2,(H,21,24)(H,22,25). The number of ether oxygens (including phenoxy) is 1. The first-order valence-corrected chi connectivity index (χ1v) is 9.29. The van der Waals surface area contributed by atoms with Gasteiger partial charge in [0.25, 0.3) is 5.91 Å². The molecule has 0 radical (unpaired) electrons. The molecule has 0 spiro atoms. The van der Waals surface area contributed by atoms with Gasteiger partial charge in [0.05, 0.1) is 6.10 Å². The van der Waals surface area contributed by atoms with Gasteiger partial charge in [0.1, 0.15) is 5.82 Å². The fraction of sp³-hybridized carbons (Fsp3) is 0.389. The molecule has 0 aliphatic carbocycles. The van der Waals surface area contributed by atoms with E-state index in [1.807, 2.05) is 12.1 Å². The molecule has 2 aromatic rings. The van der Waals surface area contributed by atoms with E-state index in [1.54, 1.807) is 18.2 Å². The zero-order valence-electron chi connectivity index (χ0n) is 14.2. The Morgan fingerprint density at radius 3 is 2.81 bits per heavy atom. The van der Waals surface area contributed by atoms with Crippen LogP contribution in [0.3, 0.4) is 0 Å². The summed E-state index contributed by atoms with van der Waals surface area (Å²) in [4.78, 5) is 12.1. The average Bonchev–Trinajstić information content (AvgIpc) is 3.16. The lowest BCUT2D eigenvalue weighted by atomic mass is 10.1. The molecule has 1 aliphatic rings. The van der Waals surface area contributed by atoms with Gasteiger partial charge >= 0.3 is 0 Å². The molecule has 1 saturated heterocycles. The minimum atomic E-state index is -0.243. The second-order valence-corrected chi connectivity index (χ2v) is 6.91. The van der Waals surface area contributed by atoms with E-state index in [2.05, 4.69) is 20.8 Å². The van der Waals surface area contributed by atoms with Crippen molar-refractivity contribution >= 4 is 34.9 Å². The second-order valence-electron chi connectivity index (χ2n) is 6.06. The van der Waals surface area contributed by atoms with Gasteiger partial charge in [0, 0.05) is 29.7 Å². The summed E-state index contributed by atoms with van der Waals surface area (Å²) in [5, 5.41) is 15.3. The van der Waals surface area contributed by atoms with E-state index in [0.717, 1.165) is 31.4 Å². The Morgan fingerprint density at radius 1 is 1.23 bits per heavy atom. The molecule has 2 heterocycles. The van der Waals surface area contributed by atoms with Crippen LogP contribution in [-0.2, 0) is 11.2 Å². The van der Waals surface area contributed by atoms with Gasteiger partial charge in [-0.25, -0.2) is 0 Å². The first-order valence-electron chi connectivity index (χ1n) is 8.53. The molecule has 1 atom stereocenters. The van der Waals surface area contributed by atoms with E-state index in [0.29, 0.717) is 29.0 Å². The van der Waals surface area contributed by atoms with E-state index < -0.39 is 0 Å². The van der Waals surface area contributed by atoms with Crippen LogP contribution >= 0.6 is 23.2 Å². The summed E-state index contributed by atoms with van der Waals surface area (Å²) in [6.45, 7) is 1.91. The van der Waals surface area contributed by atoms with Crippen molar-refractivity contribution in [1.29, 1.82) is 0 Å². The molecule has 0 saturated carbocycles. The number of amides is 1. The summed E-state index contributed by atoms with van der Waals surface area (Å²) >= 11 is 12.0. The third kappa shape index (κ3) is 5.30. The molecule has 1 amide bonds. The van der Waals surface area contributed by atoms with Gasteiger partial charge in [0.2, 0.25) is 0 Å². The predicted molar refractivity (Wildman–Crippen MR) is 102 cm³/mol. The lowest BCUT2D eigenvalue weighted by Gasteiger charge is -2.10. The first kappa shape index (κ1) is 18.9. The normalized spacial score (nSPS) is 16.5. The van der Waals surface area contributed by atoms with Gasteiger partial charge in [-0.15, -0.1) is 10.2 Å². The number of nitrogens with zero attached hydrogens (tertiary/aromatic N) is 2. The van der Waals surface area contributed by atoms with Crippen molar-refractivity contribution in [3.05, 3.63) is 51.6 Å². The number of aromatic nitrogens is 2. The fourth-order valence-electron chi connectivity index (χ4n) is 2.70. The minimum absolute atomic E-state index is 0.104. The SMILES string of the molecule is O=C(NCC1CCCO1)c1ccc(NCCc2ccc(Cl)cc2Cl)nn1. The Balaban J connectivity index is 1.45. The molecular formula is C18H20Cl2N4O2. The summed E-state index contributed by atoms with van der Waals surface area (Å²) in [7, 11) is 0. The van der Waals surface area contributed by atoms with Crippen molar-refractivity contribution in [1.82, 2.24) is 15.5 Å². The van der Waals surface area contributed by atoms with E-state index in [1.165, 1.54) is 0 Å². The third-order valence-electron chi connectivity index (χ3n) is 4.13. The van der Waals surface area contributed by atoms with Gasteiger partial charge in [-0.1, -0.05) is 29.3 Å². The number of benzene rings is 1.